The third kappa shape index (κ3) is 4.90. The summed E-state index contributed by atoms with van der Waals surface area (Å²) in [7, 11) is 1.59. The van der Waals surface area contributed by atoms with E-state index in [1.54, 1.807) is 25.3 Å². The first-order valence-corrected chi connectivity index (χ1v) is 8.07. The molecule has 1 amide bonds. The number of carbonyl (C=O) groups is 1. The third-order valence-electron chi connectivity index (χ3n) is 3.89. The zero-order valence-electron chi connectivity index (χ0n) is 14.6. The normalized spacial score (nSPS) is 12.0. The maximum Gasteiger partial charge on any atom is 0.267 e. The van der Waals surface area contributed by atoms with E-state index in [0.29, 0.717) is 5.69 Å². The van der Waals surface area contributed by atoms with Crippen molar-refractivity contribution in [2.24, 2.45) is 5.92 Å². The van der Waals surface area contributed by atoms with Crippen molar-refractivity contribution in [2.45, 2.75) is 26.4 Å². The number of carbonyl (C=O) groups excluding carboxylic acids is 1. The highest BCUT2D eigenvalue weighted by Crippen LogP contribution is 2.19. The minimum absolute atomic E-state index is 0.0873. The van der Waals surface area contributed by atoms with Crippen molar-refractivity contribution in [1.29, 1.82) is 0 Å². The van der Waals surface area contributed by atoms with Crippen molar-refractivity contribution in [1.82, 2.24) is 15.1 Å². The van der Waals surface area contributed by atoms with Crippen LogP contribution in [0.5, 0.6) is 5.75 Å². The van der Waals surface area contributed by atoms with Crippen LogP contribution in [-0.4, -0.2) is 40.6 Å². The van der Waals surface area contributed by atoms with Gasteiger partial charge in [-0.05, 0) is 36.2 Å². The van der Waals surface area contributed by atoms with Gasteiger partial charge in [0.2, 0.25) is 5.91 Å². The van der Waals surface area contributed by atoms with Gasteiger partial charge in [-0.15, -0.1) is 0 Å². The van der Waals surface area contributed by atoms with E-state index in [1.165, 1.54) is 6.07 Å². The van der Waals surface area contributed by atoms with Gasteiger partial charge in [0.05, 0.1) is 25.5 Å². The molecule has 7 heteroatoms. The summed E-state index contributed by atoms with van der Waals surface area (Å²) in [4.78, 5) is 24.1. The molecule has 2 aromatic rings. The second-order valence-electron chi connectivity index (χ2n) is 6.04. The summed E-state index contributed by atoms with van der Waals surface area (Å²) in [6.45, 7) is 3.44. The molecule has 0 saturated carbocycles. The lowest BCUT2D eigenvalue weighted by Crippen LogP contribution is -2.44. The van der Waals surface area contributed by atoms with Gasteiger partial charge in [-0.2, -0.15) is 5.10 Å². The Morgan fingerprint density at radius 2 is 1.92 bits per heavy atom. The number of rotatable bonds is 7. The molecule has 0 aliphatic carbocycles. The molecule has 0 bridgehead atoms. The summed E-state index contributed by atoms with van der Waals surface area (Å²) in [6.07, 6.45) is 0. The summed E-state index contributed by atoms with van der Waals surface area (Å²) in [5, 5.41) is 16.3. The topological polar surface area (TPSA) is 93.5 Å². The maximum atomic E-state index is 12.1. The number of aliphatic hydroxyl groups excluding tert-OH is 1. The van der Waals surface area contributed by atoms with Gasteiger partial charge < -0.3 is 15.2 Å². The Hall–Kier alpha value is -2.67. The fraction of sp³-hybridized carbons (Fsp3) is 0.389. The Kier molecular flexibility index (Phi) is 6.30. The molecule has 1 atom stereocenters. The molecule has 0 saturated heterocycles. The maximum absolute atomic E-state index is 12.1. The highest BCUT2D eigenvalue weighted by molar-refractivity contribution is 5.76. The van der Waals surface area contributed by atoms with Crippen LogP contribution >= 0.6 is 0 Å². The standard InChI is InChI=1S/C18H23N3O4/c1-12(2)16(11-22)19-17(23)10-21-18(24)9-8-15(20-21)13-4-6-14(25-3)7-5-13/h4-9,12,16,22H,10-11H2,1-3H3,(H,19,23)/t16-/m1/s1. The molecule has 0 spiro atoms. The Morgan fingerprint density at radius 1 is 1.24 bits per heavy atom. The monoisotopic (exact) mass is 345 g/mol. The first kappa shape index (κ1) is 18.7. The van der Waals surface area contributed by atoms with Crippen LogP contribution in [0.2, 0.25) is 0 Å². The van der Waals surface area contributed by atoms with E-state index in [1.807, 2.05) is 26.0 Å². The van der Waals surface area contributed by atoms with Crippen molar-refractivity contribution in [2.75, 3.05) is 13.7 Å². The average Bonchev–Trinajstić information content (AvgIpc) is 2.61. The molecule has 2 rings (SSSR count). The van der Waals surface area contributed by atoms with Gasteiger partial charge >= 0.3 is 0 Å². The second-order valence-corrected chi connectivity index (χ2v) is 6.04. The lowest BCUT2D eigenvalue weighted by molar-refractivity contribution is -0.123. The van der Waals surface area contributed by atoms with Crippen molar-refractivity contribution in [3.63, 3.8) is 0 Å². The van der Waals surface area contributed by atoms with Crippen LogP contribution in [0, 0.1) is 5.92 Å². The van der Waals surface area contributed by atoms with Gasteiger partial charge in [0.15, 0.2) is 0 Å². The molecule has 1 aromatic carbocycles. The lowest BCUT2D eigenvalue weighted by Gasteiger charge is -2.20. The van der Waals surface area contributed by atoms with Crippen LogP contribution in [0.15, 0.2) is 41.2 Å². The number of nitrogens with one attached hydrogen (secondary N) is 1. The van der Waals surface area contributed by atoms with E-state index < -0.39 is 0 Å². The van der Waals surface area contributed by atoms with Crippen LogP contribution < -0.4 is 15.6 Å². The highest BCUT2D eigenvalue weighted by Gasteiger charge is 2.16. The van der Waals surface area contributed by atoms with Gasteiger partial charge in [0.1, 0.15) is 12.3 Å². The van der Waals surface area contributed by atoms with Gasteiger partial charge in [0, 0.05) is 11.6 Å². The van der Waals surface area contributed by atoms with E-state index in [2.05, 4.69) is 10.4 Å². The molecule has 7 nitrogen and oxygen atoms in total. The van der Waals surface area contributed by atoms with Gasteiger partial charge in [-0.25, -0.2) is 4.68 Å². The zero-order valence-corrected chi connectivity index (χ0v) is 14.6. The molecular weight excluding hydrogens is 322 g/mol. The van der Waals surface area contributed by atoms with E-state index >= 15 is 0 Å². The lowest BCUT2D eigenvalue weighted by atomic mass is 10.1. The van der Waals surface area contributed by atoms with Gasteiger partial charge in [-0.1, -0.05) is 13.8 Å². The molecule has 25 heavy (non-hydrogen) atoms. The van der Waals surface area contributed by atoms with Crippen LogP contribution in [0.25, 0.3) is 11.3 Å². The minimum atomic E-state index is -0.366. The first-order valence-electron chi connectivity index (χ1n) is 8.07. The molecule has 0 aliphatic heterocycles. The Balaban J connectivity index is 2.18. The van der Waals surface area contributed by atoms with Crippen LogP contribution in [0.1, 0.15) is 13.8 Å². The molecule has 2 N–H and O–H groups in total. The number of methoxy groups -OCH3 is 1. The smallest absolute Gasteiger partial charge is 0.267 e. The summed E-state index contributed by atoms with van der Waals surface area (Å²) in [5.74, 6) is 0.443. The van der Waals surface area contributed by atoms with E-state index in [0.717, 1.165) is 16.0 Å². The molecule has 1 aromatic heterocycles. The number of ether oxygens (including phenoxy) is 1. The minimum Gasteiger partial charge on any atom is -0.497 e. The number of hydrogen-bond donors (Lipinski definition) is 2. The Bertz CT molecular complexity index is 769. The average molecular weight is 345 g/mol. The molecule has 1 heterocycles. The number of nitrogens with zero attached hydrogens (tertiary/aromatic N) is 2. The molecular formula is C18H23N3O4. The van der Waals surface area contributed by atoms with Gasteiger partial charge in [-0.3, -0.25) is 9.59 Å². The van der Waals surface area contributed by atoms with Gasteiger partial charge in [0.25, 0.3) is 5.56 Å². The quantitative estimate of drug-likeness (QED) is 0.782. The molecule has 0 radical (unpaired) electrons. The van der Waals surface area contributed by atoms with Crippen LogP contribution in [-0.2, 0) is 11.3 Å². The predicted molar refractivity (Wildman–Crippen MR) is 94.3 cm³/mol. The second kappa shape index (κ2) is 8.43. The first-order chi connectivity index (χ1) is 11.9. The van der Waals surface area contributed by atoms with Crippen LogP contribution in [0.3, 0.4) is 0 Å². The predicted octanol–water partition coefficient (Wildman–Crippen LogP) is 1.05. The number of aliphatic hydroxyl groups is 1. The summed E-state index contributed by atoms with van der Waals surface area (Å²) in [6, 6.07) is 9.90. The largest absolute Gasteiger partial charge is 0.497 e. The highest BCUT2D eigenvalue weighted by atomic mass is 16.5. The van der Waals surface area contributed by atoms with Crippen molar-refractivity contribution >= 4 is 5.91 Å². The number of benzene rings is 1. The van der Waals surface area contributed by atoms with Crippen molar-refractivity contribution in [3.8, 4) is 17.0 Å². The van der Waals surface area contributed by atoms with Crippen molar-refractivity contribution < 1.29 is 14.6 Å². The fourth-order valence-corrected chi connectivity index (χ4v) is 2.29. The third-order valence-corrected chi connectivity index (χ3v) is 3.89. The Morgan fingerprint density at radius 3 is 2.48 bits per heavy atom. The zero-order chi connectivity index (χ0) is 18.4. The molecule has 134 valence electrons. The molecule has 0 unspecified atom stereocenters. The van der Waals surface area contributed by atoms with E-state index in [4.69, 9.17) is 4.74 Å². The number of hydrogen-bond acceptors (Lipinski definition) is 5. The molecule has 0 aliphatic rings. The van der Waals surface area contributed by atoms with Crippen LogP contribution in [0.4, 0.5) is 0 Å². The summed E-state index contributed by atoms with van der Waals surface area (Å²) in [5.41, 5.74) is 1.03. The Labute approximate surface area is 146 Å². The van der Waals surface area contributed by atoms with E-state index in [-0.39, 0.29) is 36.6 Å². The number of aromatic nitrogens is 2. The molecule has 0 fully saturated rings. The number of amides is 1. The van der Waals surface area contributed by atoms with Crippen molar-refractivity contribution in [3.05, 3.63) is 46.8 Å². The SMILES string of the molecule is COc1ccc(-c2ccc(=O)n(CC(=O)N[C@H](CO)C(C)C)n2)cc1. The summed E-state index contributed by atoms with van der Waals surface area (Å²) < 4.78 is 6.23. The van der Waals surface area contributed by atoms with E-state index in [9.17, 15) is 14.7 Å². The fourth-order valence-electron chi connectivity index (χ4n) is 2.29. The summed E-state index contributed by atoms with van der Waals surface area (Å²) >= 11 is 0.